The van der Waals surface area contributed by atoms with Gasteiger partial charge in [0.25, 0.3) is 0 Å². The molecule has 1 aliphatic heterocycles. The van der Waals surface area contributed by atoms with Crippen LogP contribution in [0.3, 0.4) is 0 Å². The van der Waals surface area contributed by atoms with Crippen molar-refractivity contribution in [1.29, 1.82) is 0 Å². The van der Waals surface area contributed by atoms with Crippen molar-refractivity contribution >= 4 is 22.4 Å². The molecule has 1 aromatic carbocycles. The van der Waals surface area contributed by atoms with E-state index in [4.69, 9.17) is 9.72 Å². The van der Waals surface area contributed by atoms with E-state index in [1.54, 1.807) is 7.11 Å². The summed E-state index contributed by atoms with van der Waals surface area (Å²) in [4.78, 5) is 21.5. The lowest BCUT2D eigenvalue weighted by Gasteiger charge is -2.32. The summed E-state index contributed by atoms with van der Waals surface area (Å²) < 4.78 is 5.27. The quantitative estimate of drug-likeness (QED) is 0.883. The van der Waals surface area contributed by atoms with E-state index in [1.165, 1.54) is 11.3 Å². The number of benzene rings is 1. The van der Waals surface area contributed by atoms with Crippen molar-refractivity contribution in [3.05, 3.63) is 28.6 Å². The third-order valence-electron chi connectivity index (χ3n) is 4.46. The summed E-state index contributed by atoms with van der Waals surface area (Å²) in [5.74, 6) is -0.0449. The molecule has 1 saturated heterocycles. The van der Waals surface area contributed by atoms with E-state index in [1.807, 2.05) is 25.1 Å². The topological polar surface area (TPSA) is 65.9 Å². The van der Waals surface area contributed by atoms with Crippen molar-refractivity contribution in [3.8, 4) is 17.0 Å². The molecule has 2 heterocycles. The second-order valence-corrected chi connectivity index (χ2v) is 7.37. The average molecular weight is 361 g/mol. The van der Waals surface area contributed by atoms with Gasteiger partial charge in [-0.15, -0.1) is 11.3 Å². The van der Waals surface area contributed by atoms with Gasteiger partial charge >= 0.3 is 5.97 Å². The summed E-state index contributed by atoms with van der Waals surface area (Å²) in [6, 6.07) is 5.80. The van der Waals surface area contributed by atoms with Gasteiger partial charge in [-0.2, -0.15) is 0 Å². The molecule has 3 rings (SSSR count). The lowest BCUT2D eigenvalue weighted by molar-refractivity contribution is -0.136. The minimum Gasteiger partial charge on any atom is -0.497 e. The Kier molecular flexibility index (Phi) is 5.24. The van der Waals surface area contributed by atoms with Gasteiger partial charge < -0.3 is 19.6 Å². The van der Waals surface area contributed by atoms with Crippen molar-refractivity contribution in [2.75, 3.05) is 45.2 Å². The minimum absolute atomic E-state index is 0.00773. The molecule has 1 aliphatic rings. The van der Waals surface area contributed by atoms with Crippen LogP contribution in [0.4, 0.5) is 5.13 Å². The molecule has 0 saturated carbocycles. The summed E-state index contributed by atoms with van der Waals surface area (Å²) in [6.07, 6.45) is -0.00773. The summed E-state index contributed by atoms with van der Waals surface area (Å²) in [5, 5.41) is 10.2. The molecule has 1 fully saturated rings. The molecule has 0 unspecified atom stereocenters. The number of carbonyl (C=O) groups is 1. The number of hydrogen-bond donors (Lipinski definition) is 1. The van der Waals surface area contributed by atoms with Gasteiger partial charge in [0.15, 0.2) is 5.13 Å². The number of carboxylic acid groups (broad SMARTS) is 1. The number of methoxy groups -OCH3 is 1. The van der Waals surface area contributed by atoms with Gasteiger partial charge in [-0.1, -0.05) is 0 Å². The van der Waals surface area contributed by atoms with E-state index in [0.717, 1.165) is 58.8 Å². The van der Waals surface area contributed by atoms with E-state index in [-0.39, 0.29) is 6.42 Å². The van der Waals surface area contributed by atoms with Crippen LogP contribution in [0.5, 0.6) is 5.75 Å². The zero-order chi connectivity index (χ0) is 18.0. The number of carboxylic acids is 1. The van der Waals surface area contributed by atoms with Crippen molar-refractivity contribution < 1.29 is 14.6 Å². The lowest BCUT2D eigenvalue weighted by Crippen LogP contribution is -2.44. The fraction of sp³-hybridized carbons (Fsp3) is 0.444. The number of aliphatic carboxylic acids is 1. The molecule has 2 aromatic rings. The molecule has 1 aromatic heterocycles. The highest BCUT2D eigenvalue weighted by Crippen LogP contribution is 2.36. The maximum Gasteiger partial charge on any atom is 0.308 e. The molecule has 1 N–H and O–H groups in total. The second kappa shape index (κ2) is 7.41. The second-order valence-electron chi connectivity index (χ2n) is 6.31. The van der Waals surface area contributed by atoms with Crippen molar-refractivity contribution in [1.82, 2.24) is 9.88 Å². The van der Waals surface area contributed by atoms with Crippen LogP contribution >= 0.6 is 11.3 Å². The molecule has 0 radical (unpaired) electrons. The van der Waals surface area contributed by atoms with Crippen LogP contribution in [0.25, 0.3) is 11.3 Å². The number of aryl methyl sites for hydroxylation is 1. The standard InChI is InChI=1S/C18H23N3O3S/c1-12-10-13(24-3)4-5-14(12)17-15(11-16(22)23)25-18(19-17)21-8-6-20(2)7-9-21/h4-5,10H,6-9,11H2,1-3H3,(H,22,23). The molecule has 7 heteroatoms. The molecule has 0 atom stereocenters. The van der Waals surface area contributed by atoms with Crippen LogP contribution in [-0.2, 0) is 11.2 Å². The van der Waals surface area contributed by atoms with Gasteiger partial charge in [-0.05, 0) is 37.7 Å². The minimum atomic E-state index is -0.832. The number of nitrogens with zero attached hydrogens (tertiary/aromatic N) is 3. The molecule has 0 amide bonds. The Hall–Kier alpha value is -2.12. The van der Waals surface area contributed by atoms with Gasteiger partial charge in [-0.25, -0.2) is 4.98 Å². The lowest BCUT2D eigenvalue weighted by atomic mass is 10.0. The normalized spacial score (nSPS) is 15.4. The number of thiazole rings is 1. The highest BCUT2D eigenvalue weighted by atomic mass is 32.1. The van der Waals surface area contributed by atoms with Crippen molar-refractivity contribution in [2.24, 2.45) is 0 Å². The number of ether oxygens (including phenoxy) is 1. The number of anilines is 1. The third kappa shape index (κ3) is 3.93. The zero-order valence-corrected chi connectivity index (χ0v) is 15.6. The summed E-state index contributed by atoms with van der Waals surface area (Å²) in [6.45, 7) is 5.81. The third-order valence-corrected chi connectivity index (χ3v) is 5.58. The van der Waals surface area contributed by atoms with Crippen LogP contribution in [0.2, 0.25) is 0 Å². The van der Waals surface area contributed by atoms with Crippen LogP contribution in [-0.4, -0.2) is 61.3 Å². The molecular weight excluding hydrogens is 338 g/mol. The highest BCUT2D eigenvalue weighted by molar-refractivity contribution is 7.16. The van der Waals surface area contributed by atoms with E-state index in [2.05, 4.69) is 16.8 Å². The van der Waals surface area contributed by atoms with Crippen LogP contribution < -0.4 is 9.64 Å². The molecule has 6 nitrogen and oxygen atoms in total. The zero-order valence-electron chi connectivity index (χ0n) is 14.8. The smallest absolute Gasteiger partial charge is 0.308 e. The number of aromatic nitrogens is 1. The monoisotopic (exact) mass is 361 g/mol. The van der Waals surface area contributed by atoms with Gasteiger partial charge in [0, 0.05) is 36.6 Å². The Bertz CT molecular complexity index is 767. The molecule has 0 bridgehead atoms. The Balaban J connectivity index is 1.98. The van der Waals surface area contributed by atoms with Crippen LogP contribution in [0, 0.1) is 6.92 Å². The first-order valence-electron chi connectivity index (χ1n) is 8.28. The Morgan fingerprint density at radius 2 is 2.04 bits per heavy atom. The van der Waals surface area contributed by atoms with Crippen LogP contribution in [0.15, 0.2) is 18.2 Å². The summed E-state index contributed by atoms with van der Waals surface area (Å²) in [5.41, 5.74) is 2.77. The summed E-state index contributed by atoms with van der Waals surface area (Å²) in [7, 11) is 3.75. The number of hydrogen-bond acceptors (Lipinski definition) is 6. The SMILES string of the molecule is COc1ccc(-c2nc(N3CCN(C)CC3)sc2CC(=O)O)c(C)c1. The van der Waals surface area contributed by atoms with Crippen LogP contribution in [0.1, 0.15) is 10.4 Å². The molecule has 25 heavy (non-hydrogen) atoms. The van der Waals surface area contributed by atoms with E-state index in [9.17, 15) is 9.90 Å². The summed E-state index contributed by atoms with van der Waals surface area (Å²) >= 11 is 1.49. The predicted octanol–water partition coefficient (Wildman–Crippen LogP) is 2.51. The fourth-order valence-electron chi connectivity index (χ4n) is 2.97. The maximum absolute atomic E-state index is 11.3. The van der Waals surface area contributed by atoms with Crippen molar-refractivity contribution in [2.45, 2.75) is 13.3 Å². The first kappa shape index (κ1) is 17.7. The first-order valence-corrected chi connectivity index (χ1v) is 9.09. The van der Waals surface area contributed by atoms with E-state index >= 15 is 0 Å². The largest absolute Gasteiger partial charge is 0.497 e. The predicted molar refractivity (Wildman–Crippen MR) is 99.9 cm³/mol. The highest BCUT2D eigenvalue weighted by Gasteiger charge is 2.22. The first-order chi connectivity index (χ1) is 12.0. The Labute approximate surface area is 151 Å². The molecule has 134 valence electrons. The number of rotatable bonds is 5. The van der Waals surface area contributed by atoms with Crippen molar-refractivity contribution in [3.63, 3.8) is 0 Å². The fourth-order valence-corrected chi connectivity index (χ4v) is 4.09. The maximum atomic E-state index is 11.3. The van der Waals surface area contributed by atoms with Gasteiger partial charge in [0.1, 0.15) is 5.75 Å². The number of piperazine rings is 1. The average Bonchev–Trinajstić information content (AvgIpc) is 2.98. The molecule has 0 spiro atoms. The van der Waals surface area contributed by atoms with Gasteiger partial charge in [-0.3, -0.25) is 4.79 Å². The van der Waals surface area contributed by atoms with E-state index in [0.29, 0.717) is 0 Å². The number of likely N-dealkylation sites (N-methyl/N-ethyl adjacent to an activating group) is 1. The molecule has 0 aliphatic carbocycles. The van der Waals surface area contributed by atoms with E-state index < -0.39 is 5.97 Å². The van der Waals surface area contributed by atoms with Gasteiger partial charge in [0.2, 0.25) is 0 Å². The Morgan fingerprint density at radius 3 is 2.64 bits per heavy atom. The molecular formula is C18H23N3O3S. The Morgan fingerprint density at radius 1 is 1.32 bits per heavy atom. The van der Waals surface area contributed by atoms with Gasteiger partial charge in [0.05, 0.1) is 19.2 Å².